The number of hydrogen-bond acceptors (Lipinski definition) is 4. The van der Waals surface area contributed by atoms with Crippen LogP contribution >= 0.6 is 34.7 Å². The molecule has 2 aromatic heterocycles. The van der Waals surface area contributed by atoms with Crippen molar-refractivity contribution >= 4 is 44.9 Å². The van der Waals surface area contributed by atoms with Crippen molar-refractivity contribution in [2.24, 2.45) is 0 Å². The van der Waals surface area contributed by atoms with Crippen LogP contribution < -0.4 is 0 Å². The fraction of sp³-hybridized carbons (Fsp3) is 0.0526. The predicted molar refractivity (Wildman–Crippen MR) is 104 cm³/mol. The van der Waals surface area contributed by atoms with Gasteiger partial charge in [-0.15, -0.1) is 23.1 Å². The maximum absolute atomic E-state index is 14.0. The third-order valence-corrected chi connectivity index (χ3v) is 6.16. The van der Waals surface area contributed by atoms with Crippen LogP contribution in [0.3, 0.4) is 0 Å². The number of hydrogen-bond donors (Lipinski definition) is 0. The minimum atomic E-state index is -0.334. The van der Waals surface area contributed by atoms with Crippen molar-refractivity contribution in [1.82, 2.24) is 9.97 Å². The van der Waals surface area contributed by atoms with E-state index in [9.17, 15) is 8.78 Å². The number of rotatable bonds is 4. The third-order valence-electron chi connectivity index (χ3n) is 3.91. The Morgan fingerprint density at radius 3 is 2.62 bits per heavy atom. The number of nitrogens with zero attached hydrogens (tertiary/aromatic N) is 2. The van der Waals surface area contributed by atoms with Crippen LogP contribution in [0, 0.1) is 11.6 Å². The first-order chi connectivity index (χ1) is 12.6. The average Bonchev–Trinajstić information content (AvgIpc) is 3.07. The molecule has 4 aromatic rings. The summed E-state index contributed by atoms with van der Waals surface area (Å²) in [6, 6.07) is 11.0. The first kappa shape index (κ1) is 17.4. The predicted octanol–water partition coefficient (Wildman–Crippen LogP) is 6.58. The Kier molecular flexibility index (Phi) is 4.89. The van der Waals surface area contributed by atoms with Gasteiger partial charge in [0.15, 0.2) is 0 Å². The molecule has 26 heavy (non-hydrogen) atoms. The number of benzene rings is 2. The number of halogens is 3. The number of thioether (sulfide) groups is 1. The molecule has 0 saturated carbocycles. The zero-order valence-electron chi connectivity index (χ0n) is 13.2. The molecule has 0 fully saturated rings. The van der Waals surface area contributed by atoms with E-state index in [0.29, 0.717) is 16.3 Å². The van der Waals surface area contributed by atoms with Gasteiger partial charge in [0, 0.05) is 27.3 Å². The topological polar surface area (TPSA) is 25.8 Å². The van der Waals surface area contributed by atoms with Crippen molar-refractivity contribution in [2.45, 2.75) is 10.8 Å². The molecule has 0 spiro atoms. The van der Waals surface area contributed by atoms with E-state index in [-0.39, 0.29) is 11.6 Å². The Labute approximate surface area is 161 Å². The lowest BCUT2D eigenvalue weighted by atomic mass is 10.1. The molecule has 0 radical (unpaired) electrons. The van der Waals surface area contributed by atoms with Crippen molar-refractivity contribution < 1.29 is 8.78 Å². The van der Waals surface area contributed by atoms with Crippen LogP contribution in [-0.4, -0.2) is 9.97 Å². The van der Waals surface area contributed by atoms with E-state index in [1.54, 1.807) is 24.3 Å². The van der Waals surface area contributed by atoms with E-state index in [1.165, 1.54) is 47.6 Å². The van der Waals surface area contributed by atoms with Gasteiger partial charge < -0.3 is 0 Å². The van der Waals surface area contributed by atoms with E-state index < -0.39 is 0 Å². The monoisotopic (exact) mass is 404 g/mol. The Balaban J connectivity index is 1.74. The molecule has 4 rings (SSSR count). The van der Waals surface area contributed by atoms with Gasteiger partial charge in [-0.1, -0.05) is 29.8 Å². The van der Waals surface area contributed by atoms with Gasteiger partial charge >= 0.3 is 0 Å². The second-order valence-corrected chi connectivity index (χ2v) is 7.73. The molecule has 0 unspecified atom stereocenters. The highest BCUT2D eigenvalue weighted by atomic mass is 35.5. The molecule has 7 heteroatoms. The van der Waals surface area contributed by atoms with Crippen LogP contribution in [0.4, 0.5) is 8.78 Å². The summed E-state index contributed by atoms with van der Waals surface area (Å²) in [4.78, 5) is 9.53. The largest absolute Gasteiger partial charge is 0.229 e. The summed E-state index contributed by atoms with van der Waals surface area (Å²) in [5.74, 6) is -0.260. The summed E-state index contributed by atoms with van der Waals surface area (Å²) in [6.07, 6.45) is 1.50. The molecule has 2 aromatic carbocycles. The van der Waals surface area contributed by atoms with Gasteiger partial charge in [-0.2, -0.15) is 0 Å². The summed E-state index contributed by atoms with van der Waals surface area (Å²) in [5, 5.41) is 4.01. The molecule has 130 valence electrons. The first-order valence-corrected chi connectivity index (χ1v) is 9.91. The molecule has 0 atom stereocenters. The molecule has 0 aliphatic heterocycles. The Bertz CT molecular complexity index is 1060. The standard InChI is InChI=1S/C19H11ClF2N2S2/c20-15-2-1-3-16(22)14(15)9-26-19-17-13(8-25-18(17)23-10-24-19)11-4-6-12(21)7-5-11/h1-8,10H,9H2. The molecule has 0 bridgehead atoms. The van der Waals surface area contributed by atoms with Gasteiger partial charge in [-0.25, -0.2) is 18.7 Å². The maximum Gasteiger partial charge on any atom is 0.128 e. The van der Waals surface area contributed by atoms with Crippen molar-refractivity contribution in [1.29, 1.82) is 0 Å². The van der Waals surface area contributed by atoms with Crippen LogP contribution in [0.2, 0.25) is 5.02 Å². The number of thiophene rings is 1. The number of aromatic nitrogens is 2. The molecule has 0 N–H and O–H groups in total. The Morgan fingerprint density at radius 1 is 1.04 bits per heavy atom. The van der Waals surface area contributed by atoms with E-state index in [1.807, 2.05) is 5.38 Å². The minimum Gasteiger partial charge on any atom is -0.229 e. The summed E-state index contributed by atoms with van der Waals surface area (Å²) in [6.45, 7) is 0. The molecule has 2 heterocycles. The quantitative estimate of drug-likeness (QED) is 0.283. The first-order valence-electron chi connectivity index (χ1n) is 7.67. The van der Waals surface area contributed by atoms with E-state index in [2.05, 4.69) is 9.97 Å². The fourth-order valence-corrected chi connectivity index (χ4v) is 4.95. The van der Waals surface area contributed by atoms with Gasteiger partial charge in [0.25, 0.3) is 0 Å². The van der Waals surface area contributed by atoms with Gasteiger partial charge in [0.2, 0.25) is 0 Å². The van der Waals surface area contributed by atoms with Crippen LogP contribution in [0.5, 0.6) is 0 Å². The minimum absolute atomic E-state index is 0.284. The maximum atomic E-state index is 14.0. The van der Waals surface area contributed by atoms with Crippen molar-refractivity contribution in [3.8, 4) is 11.1 Å². The second kappa shape index (κ2) is 7.31. The molecule has 0 amide bonds. The second-order valence-electron chi connectivity index (χ2n) is 5.50. The lowest BCUT2D eigenvalue weighted by Gasteiger charge is -2.07. The highest BCUT2D eigenvalue weighted by Gasteiger charge is 2.15. The molecular formula is C19H11ClF2N2S2. The molecule has 2 nitrogen and oxygen atoms in total. The Hall–Kier alpha value is -2.02. The lowest BCUT2D eigenvalue weighted by Crippen LogP contribution is -1.91. The summed E-state index contributed by atoms with van der Waals surface area (Å²) < 4.78 is 27.3. The van der Waals surface area contributed by atoms with E-state index in [4.69, 9.17) is 11.6 Å². The smallest absolute Gasteiger partial charge is 0.128 e. The normalized spacial score (nSPS) is 11.2. The summed E-state index contributed by atoms with van der Waals surface area (Å²) in [5.41, 5.74) is 2.27. The van der Waals surface area contributed by atoms with E-state index in [0.717, 1.165) is 26.4 Å². The molecule has 0 saturated heterocycles. The summed E-state index contributed by atoms with van der Waals surface area (Å²) in [7, 11) is 0. The van der Waals surface area contributed by atoms with Crippen LogP contribution in [-0.2, 0) is 5.75 Å². The highest BCUT2D eigenvalue weighted by molar-refractivity contribution is 7.98. The van der Waals surface area contributed by atoms with Crippen molar-refractivity contribution in [3.05, 3.63) is 76.4 Å². The Morgan fingerprint density at radius 2 is 1.85 bits per heavy atom. The lowest BCUT2D eigenvalue weighted by molar-refractivity contribution is 0.617. The number of fused-ring (bicyclic) bond motifs is 1. The zero-order chi connectivity index (χ0) is 18.1. The zero-order valence-corrected chi connectivity index (χ0v) is 15.6. The van der Waals surface area contributed by atoms with Crippen molar-refractivity contribution in [3.63, 3.8) is 0 Å². The van der Waals surface area contributed by atoms with E-state index >= 15 is 0 Å². The molecule has 0 aliphatic rings. The van der Waals surface area contributed by atoms with Crippen LogP contribution in [0.15, 0.2) is 59.2 Å². The van der Waals surface area contributed by atoms with Crippen LogP contribution in [0.1, 0.15) is 5.56 Å². The van der Waals surface area contributed by atoms with Gasteiger partial charge in [-0.3, -0.25) is 0 Å². The van der Waals surface area contributed by atoms with Gasteiger partial charge in [-0.05, 0) is 29.8 Å². The average molecular weight is 405 g/mol. The molecular weight excluding hydrogens is 394 g/mol. The van der Waals surface area contributed by atoms with Crippen molar-refractivity contribution in [2.75, 3.05) is 0 Å². The third kappa shape index (κ3) is 3.32. The van der Waals surface area contributed by atoms with Gasteiger partial charge in [0.05, 0.1) is 5.39 Å². The highest BCUT2D eigenvalue weighted by Crippen LogP contribution is 2.39. The summed E-state index contributed by atoms with van der Waals surface area (Å²) >= 11 is 9.02. The van der Waals surface area contributed by atoms with Crippen LogP contribution in [0.25, 0.3) is 21.3 Å². The SMILES string of the molecule is Fc1ccc(-c2csc3ncnc(SCc4c(F)cccc4Cl)c23)cc1. The fourth-order valence-electron chi connectivity index (χ4n) is 2.61. The molecule has 0 aliphatic carbocycles. The van der Waals surface area contributed by atoms with Gasteiger partial charge in [0.1, 0.15) is 27.8 Å².